The zero-order valence-electron chi connectivity index (χ0n) is 4.95. The second kappa shape index (κ2) is 0.997. The molecule has 0 aromatic rings. The lowest BCUT2D eigenvalue weighted by molar-refractivity contribution is 0.431. The molecule has 0 amide bonds. The molecule has 0 saturated carbocycles. The van der Waals surface area contributed by atoms with Gasteiger partial charge in [-0.15, -0.1) is 0 Å². The Morgan fingerprint density at radius 3 is 2.00 bits per heavy atom. The molecule has 0 aliphatic carbocycles. The van der Waals surface area contributed by atoms with Crippen LogP contribution in [-0.4, -0.2) is 11.5 Å². The van der Waals surface area contributed by atoms with Crippen LogP contribution in [0.4, 0.5) is 0 Å². The van der Waals surface area contributed by atoms with Gasteiger partial charge in [0.05, 0.1) is 5.84 Å². The van der Waals surface area contributed by atoms with Gasteiger partial charge in [0.2, 0.25) is 0 Å². The van der Waals surface area contributed by atoms with Crippen molar-refractivity contribution in [3.05, 3.63) is 0 Å². The van der Waals surface area contributed by atoms with Crippen molar-refractivity contribution in [2.75, 3.05) is 0 Å². The average Bonchev–Trinajstić information content (AvgIpc) is 1.27. The first-order valence-electron chi connectivity index (χ1n) is 2.45. The monoisotopic (exact) mass is 98.1 g/mol. The van der Waals surface area contributed by atoms with Gasteiger partial charge in [0.1, 0.15) is 5.66 Å². The zero-order chi connectivity index (χ0) is 5.49. The third-order valence-corrected chi connectivity index (χ3v) is 0.934. The summed E-state index contributed by atoms with van der Waals surface area (Å²) in [6.45, 7) is 6.05. The average molecular weight is 98.1 g/mol. The Morgan fingerprint density at radius 1 is 1.57 bits per heavy atom. The van der Waals surface area contributed by atoms with E-state index in [4.69, 9.17) is 0 Å². The Morgan fingerprint density at radius 2 is 2.00 bits per heavy atom. The van der Waals surface area contributed by atoms with E-state index in [1.54, 1.807) is 0 Å². The molecule has 1 heterocycles. The van der Waals surface area contributed by atoms with E-state index in [-0.39, 0.29) is 5.66 Å². The molecular weight excluding hydrogens is 88.1 g/mol. The van der Waals surface area contributed by atoms with Crippen LogP contribution >= 0.6 is 0 Å². The lowest BCUT2D eigenvalue weighted by Crippen LogP contribution is -2.50. The van der Waals surface area contributed by atoms with Crippen molar-refractivity contribution >= 4 is 5.84 Å². The third-order valence-electron chi connectivity index (χ3n) is 0.934. The Balaban J connectivity index is 2.60. The predicted molar refractivity (Wildman–Crippen MR) is 30.3 cm³/mol. The Bertz CT molecular complexity index is 113. The fraction of sp³-hybridized carbons (Fsp3) is 0.800. The molecule has 7 heavy (non-hydrogen) atoms. The minimum Gasteiger partial charge on any atom is -0.350 e. The molecule has 1 aliphatic heterocycles. The van der Waals surface area contributed by atoms with E-state index >= 15 is 0 Å². The largest absolute Gasteiger partial charge is 0.350 e. The van der Waals surface area contributed by atoms with Gasteiger partial charge in [-0.2, -0.15) is 0 Å². The van der Waals surface area contributed by atoms with Gasteiger partial charge in [0.25, 0.3) is 0 Å². The SMILES string of the molecule is CC1=NC(C)(C)N1. The molecule has 0 aromatic carbocycles. The number of hydrogen-bond acceptors (Lipinski definition) is 2. The van der Waals surface area contributed by atoms with Crippen molar-refractivity contribution in [1.82, 2.24) is 5.32 Å². The van der Waals surface area contributed by atoms with E-state index in [1.165, 1.54) is 0 Å². The summed E-state index contributed by atoms with van der Waals surface area (Å²) in [4.78, 5) is 4.16. The molecule has 40 valence electrons. The van der Waals surface area contributed by atoms with Crippen LogP contribution in [0.2, 0.25) is 0 Å². The Labute approximate surface area is 43.6 Å². The molecule has 1 N–H and O–H groups in total. The normalized spacial score (nSPS) is 24.7. The summed E-state index contributed by atoms with van der Waals surface area (Å²) in [5, 5.41) is 3.13. The number of rotatable bonds is 0. The van der Waals surface area contributed by atoms with Crippen LogP contribution in [0.25, 0.3) is 0 Å². The van der Waals surface area contributed by atoms with Gasteiger partial charge in [-0.3, -0.25) is 0 Å². The second-order valence-corrected chi connectivity index (χ2v) is 2.38. The summed E-state index contributed by atoms with van der Waals surface area (Å²) < 4.78 is 0. The van der Waals surface area contributed by atoms with Crippen LogP contribution in [0.5, 0.6) is 0 Å². The van der Waals surface area contributed by atoms with Gasteiger partial charge >= 0.3 is 0 Å². The number of nitrogens with zero attached hydrogens (tertiary/aromatic N) is 1. The summed E-state index contributed by atoms with van der Waals surface area (Å²) >= 11 is 0. The Hall–Kier alpha value is -0.530. The van der Waals surface area contributed by atoms with E-state index in [0.29, 0.717) is 0 Å². The van der Waals surface area contributed by atoms with Gasteiger partial charge in [-0.25, -0.2) is 4.99 Å². The van der Waals surface area contributed by atoms with Crippen LogP contribution < -0.4 is 5.32 Å². The zero-order valence-corrected chi connectivity index (χ0v) is 4.95. The quantitative estimate of drug-likeness (QED) is 0.475. The molecule has 0 bridgehead atoms. The number of nitrogens with one attached hydrogen (secondary N) is 1. The molecule has 2 heteroatoms. The molecule has 0 fully saturated rings. The predicted octanol–water partition coefficient (Wildman–Crippen LogP) is 0.744. The summed E-state index contributed by atoms with van der Waals surface area (Å²) in [5.74, 6) is 1.05. The van der Waals surface area contributed by atoms with E-state index in [2.05, 4.69) is 10.3 Å². The fourth-order valence-corrected chi connectivity index (χ4v) is 0.865. The summed E-state index contributed by atoms with van der Waals surface area (Å²) in [7, 11) is 0. The van der Waals surface area contributed by atoms with E-state index in [9.17, 15) is 0 Å². The standard InChI is InChI=1S/C5H10N2/c1-4-6-5(2,3)7-4/h1-3H3,(H,6,7). The van der Waals surface area contributed by atoms with Gasteiger partial charge < -0.3 is 5.32 Å². The van der Waals surface area contributed by atoms with Gasteiger partial charge in [-0.1, -0.05) is 0 Å². The first-order valence-corrected chi connectivity index (χ1v) is 2.45. The third kappa shape index (κ3) is 0.734. The highest BCUT2D eigenvalue weighted by molar-refractivity contribution is 5.84. The molecule has 0 saturated heterocycles. The Kier molecular flexibility index (Phi) is 0.659. The maximum absolute atomic E-state index is 4.16. The smallest absolute Gasteiger partial charge is 0.126 e. The summed E-state index contributed by atoms with van der Waals surface area (Å²) in [6, 6.07) is 0. The van der Waals surface area contributed by atoms with Crippen molar-refractivity contribution in [3.8, 4) is 0 Å². The number of aliphatic imine (C=N–C) groups is 1. The summed E-state index contributed by atoms with van der Waals surface area (Å²) in [5.41, 5.74) is 0.0318. The number of hydrogen-bond donors (Lipinski definition) is 1. The molecule has 2 nitrogen and oxygen atoms in total. The second-order valence-electron chi connectivity index (χ2n) is 2.38. The van der Waals surface area contributed by atoms with Crippen LogP contribution in [0, 0.1) is 0 Å². The number of amidine groups is 1. The minimum absolute atomic E-state index is 0.0318. The molecule has 0 atom stereocenters. The topological polar surface area (TPSA) is 24.4 Å². The highest BCUT2D eigenvalue weighted by atomic mass is 15.3. The molecule has 0 spiro atoms. The van der Waals surface area contributed by atoms with Gasteiger partial charge in [-0.05, 0) is 20.8 Å². The highest BCUT2D eigenvalue weighted by Crippen LogP contribution is 2.11. The highest BCUT2D eigenvalue weighted by Gasteiger charge is 2.23. The van der Waals surface area contributed by atoms with Gasteiger partial charge in [0.15, 0.2) is 0 Å². The molecule has 0 aromatic heterocycles. The van der Waals surface area contributed by atoms with Crippen LogP contribution in [0.15, 0.2) is 4.99 Å². The molecular formula is C5H10N2. The van der Waals surface area contributed by atoms with Crippen molar-refractivity contribution in [2.45, 2.75) is 26.4 Å². The maximum Gasteiger partial charge on any atom is 0.126 e. The molecule has 0 radical (unpaired) electrons. The first-order chi connectivity index (χ1) is 3.10. The van der Waals surface area contributed by atoms with Crippen molar-refractivity contribution in [2.24, 2.45) is 4.99 Å². The first kappa shape index (κ1) is 4.62. The van der Waals surface area contributed by atoms with Gasteiger partial charge in [0, 0.05) is 0 Å². The lowest BCUT2D eigenvalue weighted by Gasteiger charge is -2.32. The van der Waals surface area contributed by atoms with Crippen molar-refractivity contribution < 1.29 is 0 Å². The molecule has 1 rings (SSSR count). The van der Waals surface area contributed by atoms with E-state index in [0.717, 1.165) is 5.84 Å². The molecule has 0 unspecified atom stereocenters. The van der Waals surface area contributed by atoms with E-state index in [1.807, 2.05) is 20.8 Å². The van der Waals surface area contributed by atoms with Crippen LogP contribution in [0.1, 0.15) is 20.8 Å². The summed E-state index contributed by atoms with van der Waals surface area (Å²) in [6.07, 6.45) is 0. The minimum atomic E-state index is 0.0318. The lowest BCUT2D eigenvalue weighted by atomic mass is 10.2. The molecule has 1 aliphatic rings. The van der Waals surface area contributed by atoms with Crippen molar-refractivity contribution in [3.63, 3.8) is 0 Å². The maximum atomic E-state index is 4.16. The van der Waals surface area contributed by atoms with Crippen molar-refractivity contribution in [1.29, 1.82) is 0 Å². The van der Waals surface area contributed by atoms with Crippen LogP contribution in [0.3, 0.4) is 0 Å². The fourth-order valence-electron chi connectivity index (χ4n) is 0.865. The van der Waals surface area contributed by atoms with Crippen LogP contribution in [-0.2, 0) is 0 Å². The van der Waals surface area contributed by atoms with E-state index < -0.39 is 0 Å².